The minimum Gasteiger partial charge on any atom is -0.395 e. The quantitative estimate of drug-likeness (QED) is 0.322. The van der Waals surface area contributed by atoms with E-state index in [0.29, 0.717) is 49.8 Å². The summed E-state index contributed by atoms with van der Waals surface area (Å²) in [5.74, 6) is 0.634. The number of β-amino-alcohol motifs (C(OH)–C–C–N with tert-alkyl or cyclic N) is 3. The molecule has 13 heteroatoms. The van der Waals surface area contributed by atoms with Crippen LogP contribution < -0.4 is 16.1 Å². The molecule has 3 N–H and O–H groups in total. The van der Waals surface area contributed by atoms with Gasteiger partial charge in [-0.25, -0.2) is 4.79 Å². The van der Waals surface area contributed by atoms with Crippen LogP contribution in [-0.2, 0) is 20.6 Å². The number of anilines is 1. The summed E-state index contributed by atoms with van der Waals surface area (Å²) in [7, 11) is 3.38. The molecule has 0 radical (unpaired) electrons. The SMILES string of the molecule is Cn1c(N2CCN(CCO)CC2)nc2c1c(=O)n(CC(O)CN1CCN(CCO)CC1)c(=O)n2C. The van der Waals surface area contributed by atoms with Gasteiger partial charge in [0.1, 0.15) is 0 Å². The van der Waals surface area contributed by atoms with Gasteiger partial charge in [-0.2, -0.15) is 4.98 Å². The summed E-state index contributed by atoms with van der Waals surface area (Å²) in [6.07, 6.45) is -0.866. The van der Waals surface area contributed by atoms with Crippen LogP contribution in [0.3, 0.4) is 0 Å². The Balaban J connectivity index is 1.51. The lowest BCUT2D eigenvalue weighted by Crippen LogP contribution is -2.50. The van der Waals surface area contributed by atoms with Gasteiger partial charge in [0.05, 0.1) is 25.9 Å². The Bertz CT molecular complexity index is 1110. The first-order valence-corrected chi connectivity index (χ1v) is 12.3. The van der Waals surface area contributed by atoms with Gasteiger partial charge in [-0.05, 0) is 0 Å². The van der Waals surface area contributed by atoms with E-state index in [1.54, 1.807) is 18.7 Å². The third-order valence-corrected chi connectivity index (χ3v) is 7.15. The highest BCUT2D eigenvalue weighted by Gasteiger charge is 2.26. The van der Waals surface area contributed by atoms with Gasteiger partial charge < -0.3 is 24.8 Å². The van der Waals surface area contributed by atoms with Crippen molar-refractivity contribution in [1.29, 1.82) is 0 Å². The van der Waals surface area contributed by atoms with Gasteiger partial charge in [-0.1, -0.05) is 0 Å². The minimum atomic E-state index is -0.866. The Morgan fingerprint density at radius 1 is 0.800 bits per heavy atom. The molecule has 2 aliphatic rings. The zero-order chi connectivity index (χ0) is 25.1. The van der Waals surface area contributed by atoms with E-state index in [-0.39, 0.29) is 19.8 Å². The molecule has 0 bridgehead atoms. The second kappa shape index (κ2) is 11.2. The lowest BCUT2D eigenvalue weighted by atomic mass is 10.2. The summed E-state index contributed by atoms with van der Waals surface area (Å²) in [5, 5.41) is 29.0. The predicted molar refractivity (Wildman–Crippen MR) is 132 cm³/mol. The number of hydrogen-bond acceptors (Lipinski definition) is 10. The molecule has 2 aliphatic heterocycles. The Labute approximate surface area is 204 Å². The number of aliphatic hydroxyl groups is 3. The standard InChI is InChI=1S/C22H38N8O5/c1-24-18-19(23-21(24)29-9-7-27(8-10-29)12-14-32)25(2)22(35)30(20(18)34)16-17(33)15-28-5-3-26(4-6-28)11-13-31/h17,31-33H,3-16H2,1-2H3. The first-order valence-electron chi connectivity index (χ1n) is 12.3. The smallest absolute Gasteiger partial charge is 0.332 e. The van der Waals surface area contributed by atoms with Crippen LogP contribution >= 0.6 is 0 Å². The fraction of sp³-hybridized carbons (Fsp3) is 0.773. The molecular formula is C22H38N8O5. The van der Waals surface area contributed by atoms with Gasteiger partial charge >= 0.3 is 5.69 Å². The van der Waals surface area contributed by atoms with Crippen LogP contribution in [0.4, 0.5) is 5.95 Å². The van der Waals surface area contributed by atoms with Crippen LogP contribution in [0.5, 0.6) is 0 Å². The highest BCUT2D eigenvalue weighted by atomic mass is 16.3. The van der Waals surface area contributed by atoms with Gasteiger partial charge in [0.15, 0.2) is 11.2 Å². The van der Waals surface area contributed by atoms with E-state index < -0.39 is 17.4 Å². The van der Waals surface area contributed by atoms with Crippen molar-refractivity contribution in [3.8, 4) is 0 Å². The summed E-state index contributed by atoms with van der Waals surface area (Å²) < 4.78 is 4.23. The number of imidazole rings is 1. The van der Waals surface area contributed by atoms with Crippen LogP contribution in [0.25, 0.3) is 11.2 Å². The molecule has 4 heterocycles. The van der Waals surface area contributed by atoms with E-state index in [4.69, 9.17) is 10.2 Å². The second-order valence-corrected chi connectivity index (χ2v) is 9.47. The van der Waals surface area contributed by atoms with Gasteiger partial charge in [0.2, 0.25) is 5.95 Å². The maximum Gasteiger partial charge on any atom is 0.332 e. The number of rotatable bonds is 9. The van der Waals surface area contributed by atoms with Gasteiger partial charge in [0, 0.05) is 86.1 Å². The molecule has 1 unspecified atom stereocenters. The third kappa shape index (κ3) is 5.44. The maximum atomic E-state index is 13.4. The van der Waals surface area contributed by atoms with Gasteiger partial charge in [-0.15, -0.1) is 0 Å². The van der Waals surface area contributed by atoms with Crippen molar-refractivity contribution >= 4 is 17.1 Å². The molecule has 0 saturated carbocycles. The molecule has 1 atom stereocenters. The summed E-state index contributed by atoms with van der Waals surface area (Å²) >= 11 is 0. The fourth-order valence-electron chi connectivity index (χ4n) is 5.09. The van der Waals surface area contributed by atoms with E-state index in [9.17, 15) is 14.7 Å². The van der Waals surface area contributed by atoms with Crippen molar-refractivity contribution in [3.63, 3.8) is 0 Å². The first kappa shape index (κ1) is 25.8. The molecule has 2 aromatic rings. The number of nitrogens with zero attached hydrogens (tertiary/aromatic N) is 8. The van der Waals surface area contributed by atoms with E-state index in [1.165, 1.54) is 4.57 Å². The summed E-state index contributed by atoms with van der Waals surface area (Å²) in [4.78, 5) is 39.6. The monoisotopic (exact) mass is 494 g/mol. The summed E-state index contributed by atoms with van der Waals surface area (Å²) in [6, 6.07) is 0. The lowest BCUT2D eigenvalue weighted by molar-refractivity contribution is 0.0580. The third-order valence-electron chi connectivity index (χ3n) is 7.15. The average Bonchev–Trinajstić information content (AvgIpc) is 3.20. The maximum absolute atomic E-state index is 13.4. The van der Waals surface area contributed by atoms with Crippen molar-refractivity contribution in [2.75, 3.05) is 90.1 Å². The molecule has 13 nitrogen and oxygen atoms in total. The summed E-state index contributed by atoms with van der Waals surface area (Å²) in [5.41, 5.74) is -0.271. The molecule has 0 aromatic carbocycles. The van der Waals surface area contributed by atoms with Crippen molar-refractivity contribution < 1.29 is 15.3 Å². The highest BCUT2D eigenvalue weighted by molar-refractivity contribution is 5.74. The largest absolute Gasteiger partial charge is 0.395 e. The van der Waals surface area contributed by atoms with Crippen molar-refractivity contribution in [1.82, 2.24) is 33.4 Å². The molecule has 0 amide bonds. The van der Waals surface area contributed by atoms with E-state index >= 15 is 0 Å². The zero-order valence-corrected chi connectivity index (χ0v) is 20.7. The molecule has 35 heavy (non-hydrogen) atoms. The summed E-state index contributed by atoms with van der Waals surface area (Å²) in [6.45, 7) is 7.97. The number of aryl methyl sites for hydroxylation is 2. The van der Waals surface area contributed by atoms with Crippen molar-refractivity contribution in [2.45, 2.75) is 12.6 Å². The number of aromatic nitrogens is 4. The molecule has 4 rings (SSSR count). The van der Waals surface area contributed by atoms with Crippen molar-refractivity contribution in [3.05, 3.63) is 20.8 Å². The number of aliphatic hydroxyl groups excluding tert-OH is 3. The average molecular weight is 495 g/mol. The Morgan fingerprint density at radius 2 is 1.34 bits per heavy atom. The van der Waals surface area contributed by atoms with Crippen LogP contribution in [0.2, 0.25) is 0 Å². The topological polar surface area (TPSA) is 135 Å². The van der Waals surface area contributed by atoms with E-state index in [0.717, 1.165) is 43.8 Å². The van der Waals surface area contributed by atoms with Crippen LogP contribution in [0.15, 0.2) is 9.59 Å². The number of fused-ring (bicyclic) bond motifs is 1. The molecule has 0 spiro atoms. The van der Waals surface area contributed by atoms with E-state index in [2.05, 4.69) is 24.6 Å². The zero-order valence-electron chi connectivity index (χ0n) is 20.7. The Kier molecular flexibility index (Phi) is 8.24. The van der Waals surface area contributed by atoms with Crippen LogP contribution in [0.1, 0.15) is 0 Å². The highest BCUT2D eigenvalue weighted by Crippen LogP contribution is 2.19. The van der Waals surface area contributed by atoms with Crippen molar-refractivity contribution in [2.24, 2.45) is 14.1 Å². The molecule has 196 valence electrons. The van der Waals surface area contributed by atoms with Gasteiger partial charge in [0.25, 0.3) is 5.56 Å². The lowest BCUT2D eigenvalue weighted by Gasteiger charge is -2.35. The van der Waals surface area contributed by atoms with Crippen LogP contribution in [-0.4, -0.2) is 140 Å². The minimum absolute atomic E-state index is 0.0847. The molecule has 2 fully saturated rings. The molecule has 2 saturated heterocycles. The Hall–Kier alpha value is -2.29. The first-order chi connectivity index (χ1) is 16.8. The molecule has 0 aliphatic carbocycles. The number of hydrogen-bond donors (Lipinski definition) is 3. The second-order valence-electron chi connectivity index (χ2n) is 9.47. The molecular weight excluding hydrogens is 456 g/mol. The molecule has 2 aromatic heterocycles. The fourth-order valence-corrected chi connectivity index (χ4v) is 5.09. The Morgan fingerprint density at radius 3 is 1.91 bits per heavy atom. The predicted octanol–water partition coefficient (Wildman–Crippen LogP) is -3.48. The van der Waals surface area contributed by atoms with Gasteiger partial charge in [-0.3, -0.25) is 28.6 Å². The van der Waals surface area contributed by atoms with Crippen LogP contribution in [0, 0.1) is 0 Å². The van der Waals surface area contributed by atoms with E-state index in [1.807, 2.05) is 0 Å². The normalized spacial score (nSPS) is 19.6. The number of piperazine rings is 2.